The lowest BCUT2D eigenvalue weighted by Gasteiger charge is -2.26. The molecule has 8 heteroatoms. The monoisotopic (exact) mass is 369 g/mol. The first-order valence-electron chi connectivity index (χ1n) is 8.40. The summed E-state index contributed by atoms with van der Waals surface area (Å²) in [6.07, 6.45) is 0.915. The van der Waals surface area contributed by atoms with Crippen molar-refractivity contribution in [3.8, 4) is 11.5 Å². The number of ether oxygens (including phenoxy) is 2. The Kier molecular flexibility index (Phi) is 4.45. The summed E-state index contributed by atoms with van der Waals surface area (Å²) in [6, 6.07) is 11.0. The maximum Gasteiger partial charge on any atom is 0.261 e. The van der Waals surface area contributed by atoms with Gasteiger partial charge in [-0.3, -0.25) is 14.2 Å². The van der Waals surface area contributed by atoms with Crippen LogP contribution in [0.25, 0.3) is 10.9 Å². The Hall–Kier alpha value is -3.42. The van der Waals surface area contributed by atoms with E-state index < -0.39 is 11.4 Å². The van der Waals surface area contributed by atoms with E-state index in [1.54, 1.807) is 6.07 Å². The van der Waals surface area contributed by atoms with E-state index in [1.807, 2.05) is 18.2 Å². The lowest BCUT2D eigenvalue weighted by molar-refractivity contribution is -0.122. The number of carbonyl (C=O) groups excluding carboxylic acids is 1. The molecule has 3 aromatic rings. The first kappa shape index (κ1) is 17.0. The number of para-hydroxylation sites is 2. The summed E-state index contributed by atoms with van der Waals surface area (Å²) in [6.45, 7) is 0.373. The van der Waals surface area contributed by atoms with Gasteiger partial charge < -0.3 is 14.8 Å². The second-order valence-corrected chi connectivity index (χ2v) is 6.14. The Morgan fingerprint density at radius 3 is 2.93 bits per heavy atom. The van der Waals surface area contributed by atoms with Gasteiger partial charge in [0.25, 0.3) is 5.56 Å². The van der Waals surface area contributed by atoms with Crippen LogP contribution in [-0.4, -0.2) is 34.7 Å². The molecule has 0 radical (unpaired) electrons. The fraction of sp³-hybridized carbons (Fsp3) is 0.211. The number of carbonyl (C=O) groups is 1. The summed E-state index contributed by atoms with van der Waals surface area (Å²) < 4.78 is 25.8. The van der Waals surface area contributed by atoms with Gasteiger partial charge in [0.05, 0.1) is 23.8 Å². The third-order valence-electron chi connectivity index (χ3n) is 4.20. The first-order chi connectivity index (χ1) is 13.1. The molecule has 4 rings (SSSR count). The highest BCUT2D eigenvalue weighted by Crippen LogP contribution is 2.30. The van der Waals surface area contributed by atoms with Crippen molar-refractivity contribution in [3.05, 3.63) is 65.0 Å². The highest BCUT2D eigenvalue weighted by molar-refractivity contribution is 5.79. The maximum atomic E-state index is 13.2. The van der Waals surface area contributed by atoms with Crippen molar-refractivity contribution in [1.82, 2.24) is 14.9 Å². The Morgan fingerprint density at radius 2 is 2.07 bits per heavy atom. The zero-order valence-electron chi connectivity index (χ0n) is 14.2. The minimum Gasteiger partial charge on any atom is -0.486 e. The lowest BCUT2D eigenvalue weighted by atomic mass is 10.2. The highest BCUT2D eigenvalue weighted by atomic mass is 19.1. The third kappa shape index (κ3) is 3.59. The standard InChI is InChI=1S/C19H16FN3O4/c20-12-5-6-14-15(7-12)22-11-23(19(14)25)9-18(24)21-8-13-10-26-16-3-1-2-4-17(16)27-13/h1-7,11,13H,8-10H2,(H,21,24). The molecule has 0 aliphatic carbocycles. The van der Waals surface area contributed by atoms with E-state index >= 15 is 0 Å². The topological polar surface area (TPSA) is 82.5 Å². The van der Waals surface area contributed by atoms with Crippen molar-refractivity contribution >= 4 is 16.8 Å². The van der Waals surface area contributed by atoms with Crippen LogP contribution < -0.4 is 20.3 Å². The number of hydrogen-bond donors (Lipinski definition) is 1. The molecule has 0 fully saturated rings. The molecule has 1 aliphatic heterocycles. The van der Waals surface area contributed by atoms with Crippen LogP contribution in [0.2, 0.25) is 0 Å². The van der Waals surface area contributed by atoms with Crippen LogP contribution in [-0.2, 0) is 11.3 Å². The summed E-state index contributed by atoms with van der Waals surface area (Å²) in [5.74, 6) is 0.472. The van der Waals surface area contributed by atoms with Gasteiger partial charge in [-0.1, -0.05) is 12.1 Å². The summed E-state index contributed by atoms with van der Waals surface area (Å²) in [5, 5.41) is 2.98. The minimum atomic E-state index is -0.471. The van der Waals surface area contributed by atoms with Crippen LogP contribution in [0.5, 0.6) is 11.5 Å². The van der Waals surface area contributed by atoms with Crippen molar-refractivity contribution in [2.24, 2.45) is 0 Å². The van der Waals surface area contributed by atoms with Gasteiger partial charge in [0.15, 0.2) is 11.5 Å². The molecule has 0 saturated heterocycles. The predicted molar refractivity (Wildman–Crippen MR) is 95.3 cm³/mol. The molecule has 1 atom stereocenters. The quantitative estimate of drug-likeness (QED) is 0.754. The number of halogens is 1. The number of hydrogen-bond acceptors (Lipinski definition) is 5. The fourth-order valence-corrected chi connectivity index (χ4v) is 2.85. The SMILES string of the molecule is O=C(Cn1cnc2cc(F)ccc2c1=O)NCC1COc2ccccc2O1. The number of amides is 1. The van der Waals surface area contributed by atoms with E-state index in [-0.39, 0.29) is 36.0 Å². The fourth-order valence-electron chi connectivity index (χ4n) is 2.85. The molecule has 1 amide bonds. The predicted octanol–water partition coefficient (Wildman–Crippen LogP) is 1.49. The number of rotatable bonds is 4. The average Bonchev–Trinajstić information content (AvgIpc) is 2.68. The lowest BCUT2D eigenvalue weighted by Crippen LogP contribution is -2.42. The molecular formula is C19H16FN3O4. The van der Waals surface area contributed by atoms with Crippen LogP contribution in [0, 0.1) is 5.82 Å². The minimum absolute atomic E-state index is 0.191. The second kappa shape index (κ2) is 7.06. The van der Waals surface area contributed by atoms with Crippen LogP contribution >= 0.6 is 0 Å². The smallest absolute Gasteiger partial charge is 0.261 e. The summed E-state index contributed by atoms with van der Waals surface area (Å²) in [5.41, 5.74) is -0.149. The third-order valence-corrected chi connectivity index (χ3v) is 4.20. The Morgan fingerprint density at radius 1 is 1.26 bits per heavy atom. The van der Waals surface area contributed by atoms with Gasteiger partial charge in [0, 0.05) is 6.07 Å². The Labute approximate surface area is 153 Å². The summed E-state index contributed by atoms with van der Waals surface area (Å²) in [7, 11) is 0. The highest BCUT2D eigenvalue weighted by Gasteiger charge is 2.21. The van der Waals surface area contributed by atoms with Gasteiger partial charge in [-0.15, -0.1) is 0 Å². The van der Waals surface area contributed by atoms with E-state index in [9.17, 15) is 14.0 Å². The average molecular weight is 369 g/mol. The van der Waals surface area contributed by atoms with Crippen LogP contribution in [0.15, 0.2) is 53.6 Å². The van der Waals surface area contributed by atoms with Gasteiger partial charge in [0.2, 0.25) is 5.91 Å². The molecule has 1 aromatic heterocycles. The molecule has 0 bridgehead atoms. The number of nitrogens with one attached hydrogen (secondary N) is 1. The number of benzene rings is 2. The Bertz CT molecular complexity index is 1070. The van der Waals surface area contributed by atoms with Crippen molar-refractivity contribution in [2.45, 2.75) is 12.6 Å². The van der Waals surface area contributed by atoms with Crippen molar-refractivity contribution in [2.75, 3.05) is 13.2 Å². The molecular weight excluding hydrogens is 353 g/mol. The molecule has 2 aromatic carbocycles. The van der Waals surface area contributed by atoms with Gasteiger partial charge >= 0.3 is 0 Å². The van der Waals surface area contributed by atoms with Gasteiger partial charge in [-0.25, -0.2) is 9.37 Å². The van der Waals surface area contributed by atoms with Gasteiger partial charge in [-0.05, 0) is 24.3 Å². The van der Waals surface area contributed by atoms with Crippen molar-refractivity contribution in [1.29, 1.82) is 0 Å². The van der Waals surface area contributed by atoms with E-state index in [2.05, 4.69) is 10.3 Å². The molecule has 2 heterocycles. The van der Waals surface area contributed by atoms with E-state index in [4.69, 9.17) is 9.47 Å². The maximum absolute atomic E-state index is 13.2. The summed E-state index contributed by atoms with van der Waals surface area (Å²) >= 11 is 0. The van der Waals surface area contributed by atoms with E-state index in [0.29, 0.717) is 18.1 Å². The molecule has 0 spiro atoms. The molecule has 7 nitrogen and oxygen atoms in total. The van der Waals surface area contributed by atoms with E-state index in [0.717, 1.165) is 0 Å². The Balaban J connectivity index is 1.39. The first-order valence-corrected chi connectivity index (χ1v) is 8.40. The van der Waals surface area contributed by atoms with Crippen molar-refractivity contribution in [3.63, 3.8) is 0 Å². The number of nitrogens with zero attached hydrogens (tertiary/aromatic N) is 2. The largest absolute Gasteiger partial charge is 0.486 e. The zero-order chi connectivity index (χ0) is 18.8. The number of fused-ring (bicyclic) bond motifs is 2. The van der Waals surface area contributed by atoms with E-state index in [1.165, 1.54) is 29.1 Å². The van der Waals surface area contributed by atoms with Crippen LogP contribution in [0.4, 0.5) is 4.39 Å². The van der Waals surface area contributed by atoms with Crippen molar-refractivity contribution < 1.29 is 18.7 Å². The van der Waals surface area contributed by atoms with Gasteiger partial charge in [0.1, 0.15) is 25.1 Å². The van der Waals surface area contributed by atoms with Crippen LogP contribution in [0.3, 0.4) is 0 Å². The molecule has 138 valence electrons. The van der Waals surface area contributed by atoms with Gasteiger partial charge in [-0.2, -0.15) is 0 Å². The molecule has 1 unspecified atom stereocenters. The molecule has 1 aliphatic rings. The zero-order valence-corrected chi connectivity index (χ0v) is 14.2. The second-order valence-electron chi connectivity index (χ2n) is 6.14. The van der Waals surface area contributed by atoms with Crippen LogP contribution in [0.1, 0.15) is 0 Å². The number of aromatic nitrogens is 2. The molecule has 27 heavy (non-hydrogen) atoms. The summed E-state index contributed by atoms with van der Waals surface area (Å²) in [4.78, 5) is 28.6. The molecule has 1 N–H and O–H groups in total. The normalized spacial score (nSPS) is 15.5. The molecule has 0 saturated carbocycles.